The number of nitrogens with one attached hydrogen (secondary N) is 1. The summed E-state index contributed by atoms with van der Waals surface area (Å²) < 4.78 is 11.3. The molecular weight excluding hydrogens is 767 g/mol. The first-order valence-electron chi connectivity index (χ1n) is 26.4. The molecule has 0 radical (unpaired) electrons. The Balaban J connectivity index is 2.13. The van der Waals surface area contributed by atoms with Crippen molar-refractivity contribution in [3.05, 3.63) is 12.2 Å². The lowest BCUT2D eigenvalue weighted by molar-refractivity contribution is -0.302. The van der Waals surface area contributed by atoms with Crippen molar-refractivity contribution in [1.82, 2.24) is 5.32 Å². The van der Waals surface area contributed by atoms with Gasteiger partial charge in [0.2, 0.25) is 5.91 Å². The summed E-state index contributed by atoms with van der Waals surface area (Å²) >= 11 is 0. The van der Waals surface area contributed by atoms with E-state index in [2.05, 4.69) is 31.3 Å². The van der Waals surface area contributed by atoms with Crippen LogP contribution in [-0.4, -0.2) is 87.5 Å². The Bertz CT molecular complexity index is 966. The summed E-state index contributed by atoms with van der Waals surface area (Å²) in [6.45, 7) is 3.78. The van der Waals surface area contributed by atoms with Gasteiger partial charge in [-0.25, -0.2) is 0 Å². The number of aliphatic hydroxyl groups is 5. The maximum absolute atomic E-state index is 12.9. The average Bonchev–Trinajstić information content (AvgIpc) is 3.26. The summed E-state index contributed by atoms with van der Waals surface area (Å²) in [5.41, 5.74) is 0. The van der Waals surface area contributed by atoms with E-state index in [1.54, 1.807) is 0 Å². The van der Waals surface area contributed by atoms with Crippen molar-refractivity contribution in [2.24, 2.45) is 0 Å². The van der Waals surface area contributed by atoms with E-state index in [4.69, 9.17) is 9.47 Å². The van der Waals surface area contributed by atoms with Gasteiger partial charge in [0, 0.05) is 6.42 Å². The summed E-state index contributed by atoms with van der Waals surface area (Å²) in [5, 5.41) is 54.4. The van der Waals surface area contributed by atoms with E-state index in [9.17, 15) is 30.3 Å². The summed E-state index contributed by atoms with van der Waals surface area (Å²) in [6, 6.07) is -0.719. The lowest BCUT2D eigenvalue weighted by Gasteiger charge is -2.40. The third kappa shape index (κ3) is 33.1. The SMILES string of the molecule is CCC/C=C\CCCCCCCC(=O)NC(COC1OC(CO)C(O)C(O)C1O)C(O)CCCCCCCCCCCCCCCCCCCCCCCCCCCCCC. The van der Waals surface area contributed by atoms with Crippen molar-refractivity contribution in [1.29, 1.82) is 0 Å². The van der Waals surface area contributed by atoms with Gasteiger partial charge in [-0.1, -0.05) is 231 Å². The lowest BCUT2D eigenvalue weighted by Crippen LogP contribution is -2.60. The molecule has 1 amide bonds. The quantitative estimate of drug-likeness (QED) is 0.0262. The molecule has 0 bridgehead atoms. The summed E-state index contributed by atoms with van der Waals surface area (Å²) in [4.78, 5) is 12.9. The van der Waals surface area contributed by atoms with Crippen LogP contribution in [0.25, 0.3) is 0 Å². The first-order chi connectivity index (χ1) is 29.8. The summed E-state index contributed by atoms with van der Waals surface area (Å²) in [7, 11) is 0. The molecule has 0 aromatic rings. The van der Waals surface area contributed by atoms with Crippen LogP contribution in [0.2, 0.25) is 0 Å². The summed E-state index contributed by atoms with van der Waals surface area (Å²) in [6.07, 6.45) is 44.0. The predicted octanol–water partition coefficient (Wildman–Crippen LogP) is 12.1. The molecule has 7 atom stereocenters. The van der Waals surface area contributed by atoms with Crippen molar-refractivity contribution < 1.29 is 39.8 Å². The molecule has 6 N–H and O–H groups in total. The van der Waals surface area contributed by atoms with Crippen LogP contribution in [0.4, 0.5) is 0 Å². The van der Waals surface area contributed by atoms with Crippen molar-refractivity contribution in [2.45, 2.75) is 301 Å². The number of hydrogen-bond acceptors (Lipinski definition) is 8. The third-order valence-corrected chi connectivity index (χ3v) is 12.8. The monoisotopic (exact) mass is 868 g/mol. The Morgan fingerprint density at radius 1 is 0.541 bits per heavy atom. The summed E-state index contributed by atoms with van der Waals surface area (Å²) in [5.74, 6) is -0.153. The van der Waals surface area contributed by atoms with Crippen molar-refractivity contribution in [3.8, 4) is 0 Å². The van der Waals surface area contributed by atoms with Gasteiger partial charge in [-0.15, -0.1) is 0 Å². The number of unbranched alkanes of at least 4 members (excludes halogenated alkanes) is 33. The molecule has 9 heteroatoms. The number of rotatable bonds is 45. The highest BCUT2D eigenvalue weighted by atomic mass is 16.7. The van der Waals surface area contributed by atoms with E-state index >= 15 is 0 Å². The minimum absolute atomic E-state index is 0.138. The fraction of sp³-hybridized carbons (Fsp3) is 0.942. The molecule has 0 spiro atoms. The molecule has 1 saturated heterocycles. The van der Waals surface area contributed by atoms with Crippen LogP contribution in [-0.2, 0) is 14.3 Å². The molecule has 1 rings (SSSR count). The Labute approximate surface area is 376 Å². The topological polar surface area (TPSA) is 149 Å². The fourth-order valence-corrected chi connectivity index (χ4v) is 8.64. The van der Waals surface area contributed by atoms with Crippen LogP contribution in [0.15, 0.2) is 12.2 Å². The highest BCUT2D eigenvalue weighted by Gasteiger charge is 2.44. The second kappa shape index (κ2) is 42.9. The Morgan fingerprint density at radius 3 is 1.39 bits per heavy atom. The predicted molar refractivity (Wildman–Crippen MR) is 254 cm³/mol. The molecule has 61 heavy (non-hydrogen) atoms. The Morgan fingerprint density at radius 2 is 0.951 bits per heavy atom. The van der Waals surface area contributed by atoms with Crippen LogP contribution >= 0.6 is 0 Å². The molecule has 1 aliphatic rings. The minimum atomic E-state index is -1.55. The molecule has 9 nitrogen and oxygen atoms in total. The molecule has 0 saturated carbocycles. The maximum Gasteiger partial charge on any atom is 0.220 e. The van der Waals surface area contributed by atoms with E-state index in [0.717, 1.165) is 64.2 Å². The van der Waals surface area contributed by atoms with Gasteiger partial charge in [-0.05, 0) is 32.1 Å². The number of ether oxygens (including phenoxy) is 2. The standard InChI is InChI=1S/C52H101NO8/c1-3-5-7-9-11-13-15-16-17-18-19-20-21-22-23-24-25-26-27-28-29-30-31-32-33-35-37-39-41-46(55)45(44-60-52-51(59)50(58)49(57)47(43-54)61-52)53-48(56)42-40-38-36-34-14-12-10-8-6-4-2/h8,10,45-47,49-52,54-55,57-59H,3-7,9,11-44H2,1-2H3,(H,53,56)/b10-8-. The molecule has 0 aliphatic carbocycles. The van der Waals surface area contributed by atoms with E-state index in [0.29, 0.717) is 12.8 Å². The Hall–Kier alpha value is -1.07. The molecular formula is C52H101NO8. The number of amides is 1. The number of allylic oxidation sites excluding steroid dienone is 2. The van der Waals surface area contributed by atoms with Gasteiger partial charge in [0.15, 0.2) is 6.29 Å². The van der Waals surface area contributed by atoms with Gasteiger partial charge in [0.05, 0.1) is 25.4 Å². The second-order valence-corrected chi connectivity index (χ2v) is 18.7. The van der Waals surface area contributed by atoms with Gasteiger partial charge in [-0.3, -0.25) is 4.79 Å². The largest absolute Gasteiger partial charge is 0.394 e. The zero-order chi connectivity index (χ0) is 44.4. The minimum Gasteiger partial charge on any atom is -0.394 e. The van der Waals surface area contributed by atoms with Crippen LogP contribution in [0.5, 0.6) is 0 Å². The Kier molecular flexibility index (Phi) is 40.7. The van der Waals surface area contributed by atoms with E-state index in [-0.39, 0.29) is 12.5 Å². The van der Waals surface area contributed by atoms with E-state index in [1.165, 1.54) is 167 Å². The van der Waals surface area contributed by atoms with E-state index in [1.807, 2.05) is 0 Å². The zero-order valence-corrected chi connectivity index (χ0v) is 39.9. The number of hydrogen-bond donors (Lipinski definition) is 6. The molecule has 0 aromatic heterocycles. The van der Waals surface area contributed by atoms with Crippen molar-refractivity contribution >= 4 is 5.91 Å². The number of aliphatic hydroxyl groups excluding tert-OH is 5. The molecule has 1 fully saturated rings. The van der Waals surface area contributed by atoms with Crippen LogP contribution in [0.3, 0.4) is 0 Å². The third-order valence-electron chi connectivity index (χ3n) is 12.8. The van der Waals surface area contributed by atoms with E-state index < -0.39 is 49.5 Å². The fourth-order valence-electron chi connectivity index (χ4n) is 8.64. The van der Waals surface area contributed by atoms with Gasteiger partial charge in [0.1, 0.15) is 24.4 Å². The van der Waals surface area contributed by atoms with Crippen LogP contribution in [0, 0.1) is 0 Å². The van der Waals surface area contributed by atoms with Crippen LogP contribution in [0.1, 0.15) is 258 Å². The lowest BCUT2D eigenvalue weighted by atomic mass is 9.99. The number of carbonyl (C=O) groups is 1. The molecule has 362 valence electrons. The first-order valence-corrected chi connectivity index (χ1v) is 26.4. The second-order valence-electron chi connectivity index (χ2n) is 18.7. The van der Waals surface area contributed by atoms with Gasteiger partial charge in [-0.2, -0.15) is 0 Å². The van der Waals surface area contributed by atoms with Gasteiger partial charge < -0.3 is 40.3 Å². The molecule has 1 aliphatic heterocycles. The van der Waals surface area contributed by atoms with Gasteiger partial charge >= 0.3 is 0 Å². The van der Waals surface area contributed by atoms with Crippen molar-refractivity contribution in [2.75, 3.05) is 13.2 Å². The normalized spacial score (nSPS) is 20.4. The molecule has 7 unspecified atom stereocenters. The van der Waals surface area contributed by atoms with Crippen molar-refractivity contribution in [3.63, 3.8) is 0 Å². The van der Waals surface area contributed by atoms with Crippen LogP contribution < -0.4 is 5.32 Å². The molecule has 0 aromatic carbocycles. The van der Waals surface area contributed by atoms with Gasteiger partial charge in [0.25, 0.3) is 0 Å². The molecule has 1 heterocycles. The smallest absolute Gasteiger partial charge is 0.220 e. The highest BCUT2D eigenvalue weighted by molar-refractivity contribution is 5.76. The maximum atomic E-state index is 12.9. The zero-order valence-electron chi connectivity index (χ0n) is 39.9. The number of carbonyl (C=O) groups excluding carboxylic acids is 1. The average molecular weight is 868 g/mol. The first kappa shape index (κ1) is 57.9. The highest BCUT2D eigenvalue weighted by Crippen LogP contribution is 2.23.